The second kappa shape index (κ2) is 14.8. The van der Waals surface area contributed by atoms with Gasteiger partial charge in [0.2, 0.25) is 6.34 Å². The van der Waals surface area contributed by atoms with Gasteiger partial charge in [0.25, 0.3) is 0 Å². The van der Waals surface area contributed by atoms with Gasteiger partial charge in [-0.15, -0.1) is 0 Å². The molecule has 0 radical (unpaired) electrons. The number of unbranched alkanes of at least 4 members (excludes halogenated alkanes) is 10. The van der Waals surface area contributed by atoms with Crippen LogP contribution >= 0.6 is 0 Å². The third kappa shape index (κ3) is 11.4. The van der Waals surface area contributed by atoms with E-state index in [1.165, 1.54) is 90.0 Å². The lowest BCUT2D eigenvalue weighted by molar-refractivity contribution is -0.550. The Morgan fingerprint density at radius 2 is 1.52 bits per heavy atom. The molecule has 1 unspecified atom stereocenters. The number of nitrogens with one attached hydrogen (secondary N) is 1. The molecule has 2 nitrogen and oxygen atoms in total. The Kier molecular flexibility index (Phi) is 13.0. The molecular weight excluding hydrogens is 280 g/mol. The van der Waals surface area contributed by atoms with E-state index in [9.17, 15) is 0 Å². The van der Waals surface area contributed by atoms with Gasteiger partial charge in [0, 0.05) is 0 Å². The van der Waals surface area contributed by atoms with Gasteiger partial charge in [0.05, 0.1) is 6.04 Å². The summed E-state index contributed by atoms with van der Waals surface area (Å²) >= 11 is 0. The highest BCUT2D eigenvalue weighted by atomic mass is 15.2. The molecule has 0 aromatic rings. The maximum absolute atomic E-state index is 3.30. The molecule has 2 heteroatoms. The van der Waals surface area contributed by atoms with E-state index in [2.05, 4.69) is 42.2 Å². The molecule has 1 heterocycles. The molecule has 0 saturated carbocycles. The highest BCUT2D eigenvalue weighted by molar-refractivity contribution is 5.49. The number of rotatable bonds is 15. The van der Waals surface area contributed by atoms with E-state index in [4.69, 9.17) is 0 Å². The predicted molar refractivity (Wildman–Crippen MR) is 103 cm³/mol. The van der Waals surface area contributed by atoms with Gasteiger partial charge in [-0.25, -0.2) is 0 Å². The summed E-state index contributed by atoms with van der Waals surface area (Å²) in [7, 11) is 0. The first-order valence-corrected chi connectivity index (χ1v) is 10.3. The van der Waals surface area contributed by atoms with Crippen molar-refractivity contribution < 1.29 is 4.58 Å². The molecule has 1 aliphatic rings. The minimum absolute atomic E-state index is 0.710. The highest BCUT2D eigenvalue weighted by Crippen LogP contribution is 2.11. The summed E-state index contributed by atoms with van der Waals surface area (Å²) in [5, 5.41) is 3.30. The van der Waals surface area contributed by atoms with Crippen molar-refractivity contribution in [2.24, 2.45) is 0 Å². The second-order valence-corrected chi connectivity index (χ2v) is 7.19. The number of hydrogen-bond donors (Lipinski definition) is 1. The van der Waals surface area contributed by atoms with Crippen LogP contribution in [0.1, 0.15) is 97.3 Å². The predicted octanol–water partition coefficient (Wildman–Crippen LogP) is 5.67. The first-order valence-electron chi connectivity index (χ1n) is 10.3. The molecule has 1 aliphatic heterocycles. The minimum atomic E-state index is 0.710. The molecule has 23 heavy (non-hydrogen) atoms. The number of nitrogens with zero attached hydrogens (tertiary/aromatic N) is 1. The molecule has 0 spiro atoms. The fourth-order valence-corrected chi connectivity index (χ4v) is 3.29. The van der Waals surface area contributed by atoms with Gasteiger partial charge >= 0.3 is 0 Å². The van der Waals surface area contributed by atoms with Crippen molar-refractivity contribution in [1.29, 1.82) is 0 Å². The molecule has 0 aromatic carbocycles. The molecule has 0 aromatic heterocycles. The average molecular weight is 322 g/mol. The smallest absolute Gasteiger partial charge is 0.232 e. The zero-order valence-corrected chi connectivity index (χ0v) is 15.9. The number of hydrogen-bond acceptors (Lipinski definition) is 1. The van der Waals surface area contributed by atoms with E-state index >= 15 is 0 Å². The van der Waals surface area contributed by atoms with Gasteiger partial charge in [-0.2, -0.15) is 0 Å². The summed E-state index contributed by atoms with van der Waals surface area (Å²) in [5.74, 6) is 0. The molecule has 1 atom stereocenters. The normalized spacial score (nSPS) is 15.8. The third-order valence-electron chi connectivity index (χ3n) is 4.97. The first-order chi connectivity index (χ1) is 11.3. The maximum Gasteiger partial charge on any atom is 0.232 e. The minimum Gasteiger partial charge on any atom is -0.277 e. The van der Waals surface area contributed by atoms with Gasteiger partial charge in [-0.3, -0.25) is 9.89 Å². The van der Waals surface area contributed by atoms with Crippen molar-refractivity contribution in [1.82, 2.24) is 5.32 Å². The highest BCUT2D eigenvalue weighted by Gasteiger charge is 2.15. The molecule has 134 valence electrons. The molecule has 0 saturated heterocycles. The lowest BCUT2D eigenvalue weighted by atomic mass is 10.1. The monoisotopic (exact) mass is 321 g/mol. The largest absolute Gasteiger partial charge is 0.277 e. The van der Waals surface area contributed by atoms with Crippen LogP contribution < -0.4 is 5.32 Å². The SMILES string of the molecule is CCCCCCCC/C=C\CCCCCCC(C)[N+]1=CNCC1. The van der Waals surface area contributed by atoms with Crippen molar-refractivity contribution in [3.05, 3.63) is 12.2 Å². The molecule has 1 N–H and O–H groups in total. The van der Waals surface area contributed by atoms with Gasteiger partial charge in [-0.05, 0) is 45.4 Å². The summed E-state index contributed by atoms with van der Waals surface area (Å²) < 4.78 is 2.45. The average Bonchev–Trinajstić information content (AvgIpc) is 3.09. The standard InChI is InChI=1S/C21H40N2/c1-3-4-5-6-7-8-9-10-11-12-13-14-15-16-17-21(2)23-19-18-22-20-23/h10-11,20-21H,3-9,12-19H2,1-2H3/p+1/b11-10-. The first kappa shape index (κ1) is 20.3. The Balaban J connectivity index is 1.79. The van der Waals surface area contributed by atoms with E-state index in [0.29, 0.717) is 6.04 Å². The van der Waals surface area contributed by atoms with Gasteiger partial charge in [0.1, 0.15) is 13.1 Å². The Labute approximate surface area is 145 Å². The van der Waals surface area contributed by atoms with Crippen LogP contribution in [0.5, 0.6) is 0 Å². The molecule has 1 rings (SSSR count). The molecule has 0 amide bonds. The topological polar surface area (TPSA) is 15.0 Å². The second-order valence-electron chi connectivity index (χ2n) is 7.19. The van der Waals surface area contributed by atoms with Crippen LogP contribution in [0.4, 0.5) is 0 Å². The number of allylic oxidation sites excluding steroid dienone is 2. The summed E-state index contributed by atoms with van der Waals surface area (Å²) in [4.78, 5) is 0. The Hall–Kier alpha value is -0.790. The van der Waals surface area contributed by atoms with E-state index in [1.807, 2.05) is 0 Å². The Bertz CT molecular complexity index is 320. The van der Waals surface area contributed by atoms with Crippen molar-refractivity contribution in [2.45, 2.75) is 103 Å². The zero-order chi connectivity index (χ0) is 16.6. The van der Waals surface area contributed by atoms with Crippen LogP contribution in [0.3, 0.4) is 0 Å². The van der Waals surface area contributed by atoms with E-state index in [-0.39, 0.29) is 0 Å². The van der Waals surface area contributed by atoms with Crippen LogP contribution in [0.2, 0.25) is 0 Å². The van der Waals surface area contributed by atoms with Crippen LogP contribution in [0.15, 0.2) is 12.2 Å². The molecule has 0 fully saturated rings. The fourth-order valence-electron chi connectivity index (χ4n) is 3.29. The van der Waals surface area contributed by atoms with Crippen molar-refractivity contribution >= 4 is 6.34 Å². The summed E-state index contributed by atoms with van der Waals surface area (Å²) in [6, 6.07) is 0.710. The van der Waals surface area contributed by atoms with Crippen LogP contribution in [0.25, 0.3) is 0 Å². The summed E-state index contributed by atoms with van der Waals surface area (Å²) in [6.07, 6.45) is 24.9. The van der Waals surface area contributed by atoms with Crippen LogP contribution in [-0.4, -0.2) is 30.0 Å². The quantitative estimate of drug-likeness (QED) is 0.233. The fraction of sp³-hybridized carbons (Fsp3) is 0.857. The van der Waals surface area contributed by atoms with Crippen LogP contribution in [0, 0.1) is 0 Å². The molecule has 0 bridgehead atoms. The Morgan fingerprint density at radius 1 is 0.913 bits per heavy atom. The van der Waals surface area contributed by atoms with Crippen molar-refractivity contribution in [2.75, 3.05) is 13.1 Å². The van der Waals surface area contributed by atoms with Crippen molar-refractivity contribution in [3.63, 3.8) is 0 Å². The van der Waals surface area contributed by atoms with E-state index in [0.717, 1.165) is 6.54 Å². The summed E-state index contributed by atoms with van der Waals surface area (Å²) in [5.41, 5.74) is 0. The zero-order valence-electron chi connectivity index (χ0n) is 15.9. The van der Waals surface area contributed by atoms with Crippen molar-refractivity contribution in [3.8, 4) is 0 Å². The van der Waals surface area contributed by atoms with Gasteiger partial charge in [-0.1, -0.05) is 64.0 Å². The molecular formula is C21H41N2+. The van der Waals surface area contributed by atoms with E-state index < -0.39 is 0 Å². The van der Waals surface area contributed by atoms with Crippen LogP contribution in [-0.2, 0) is 0 Å². The third-order valence-corrected chi connectivity index (χ3v) is 4.97. The lowest BCUT2D eigenvalue weighted by Gasteiger charge is -2.10. The van der Waals surface area contributed by atoms with E-state index in [1.54, 1.807) is 0 Å². The summed E-state index contributed by atoms with van der Waals surface area (Å²) in [6.45, 7) is 6.95. The van der Waals surface area contributed by atoms with Gasteiger partial charge < -0.3 is 0 Å². The Morgan fingerprint density at radius 3 is 2.13 bits per heavy atom. The maximum atomic E-state index is 3.30. The molecule has 0 aliphatic carbocycles. The lowest BCUT2D eigenvalue weighted by Crippen LogP contribution is -2.22. The van der Waals surface area contributed by atoms with Gasteiger partial charge in [0.15, 0.2) is 0 Å².